The van der Waals surface area contributed by atoms with Gasteiger partial charge in [0.05, 0.1) is 18.1 Å². The van der Waals surface area contributed by atoms with Crippen LogP contribution in [0.15, 0.2) is 18.2 Å². The number of hydrogen-bond acceptors (Lipinski definition) is 2. The van der Waals surface area contributed by atoms with E-state index in [1.165, 1.54) is 6.07 Å². The van der Waals surface area contributed by atoms with Gasteiger partial charge in [0, 0.05) is 12.7 Å². The molecule has 0 saturated heterocycles. The molecule has 19 heavy (non-hydrogen) atoms. The van der Waals surface area contributed by atoms with Crippen LogP contribution >= 0.6 is 11.6 Å². The fourth-order valence-corrected chi connectivity index (χ4v) is 1.42. The quantitative estimate of drug-likeness (QED) is 0.452. The first-order valence-corrected chi connectivity index (χ1v) is 6.72. The van der Waals surface area contributed by atoms with Gasteiger partial charge in [0.2, 0.25) is 0 Å². The van der Waals surface area contributed by atoms with E-state index in [2.05, 4.69) is 25.7 Å². The minimum atomic E-state index is -0.404. The van der Waals surface area contributed by atoms with Crippen LogP contribution in [0.1, 0.15) is 19.4 Å². The SMILES string of the molecule is CC(C)COCCOc1ccc(C#CCCl)c(F)c1. The van der Waals surface area contributed by atoms with Crippen molar-refractivity contribution in [1.82, 2.24) is 0 Å². The number of halogens is 2. The Balaban J connectivity index is 2.41. The number of rotatable bonds is 6. The maximum absolute atomic E-state index is 13.6. The van der Waals surface area contributed by atoms with Crippen LogP contribution in [-0.2, 0) is 4.74 Å². The average molecular weight is 285 g/mol. The number of alkyl halides is 1. The molecule has 0 aliphatic heterocycles. The van der Waals surface area contributed by atoms with Gasteiger partial charge in [-0.1, -0.05) is 25.7 Å². The molecule has 0 aliphatic carbocycles. The van der Waals surface area contributed by atoms with Crippen molar-refractivity contribution in [1.29, 1.82) is 0 Å². The molecule has 0 N–H and O–H groups in total. The highest BCUT2D eigenvalue weighted by Crippen LogP contribution is 2.16. The maximum Gasteiger partial charge on any atom is 0.142 e. The molecule has 1 aromatic rings. The predicted molar refractivity (Wildman–Crippen MR) is 75.2 cm³/mol. The molecular weight excluding hydrogens is 267 g/mol. The second-order valence-electron chi connectivity index (χ2n) is 4.39. The zero-order valence-electron chi connectivity index (χ0n) is 11.2. The Morgan fingerprint density at radius 2 is 2.11 bits per heavy atom. The molecule has 4 heteroatoms. The Hall–Kier alpha value is -1.24. The van der Waals surface area contributed by atoms with E-state index in [1.807, 2.05) is 0 Å². The summed E-state index contributed by atoms with van der Waals surface area (Å²) >= 11 is 5.42. The van der Waals surface area contributed by atoms with Crippen LogP contribution in [0, 0.1) is 23.6 Å². The summed E-state index contributed by atoms with van der Waals surface area (Å²) in [7, 11) is 0. The third-order valence-electron chi connectivity index (χ3n) is 2.18. The fraction of sp³-hybridized carbons (Fsp3) is 0.467. The highest BCUT2D eigenvalue weighted by molar-refractivity contribution is 6.19. The van der Waals surface area contributed by atoms with Crippen molar-refractivity contribution in [3.63, 3.8) is 0 Å². The zero-order valence-corrected chi connectivity index (χ0v) is 12.0. The van der Waals surface area contributed by atoms with Crippen molar-refractivity contribution in [3.8, 4) is 17.6 Å². The van der Waals surface area contributed by atoms with Crippen molar-refractivity contribution >= 4 is 11.6 Å². The molecule has 104 valence electrons. The van der Waals surface area contributed by atoms with Gasteiger partial charge in [-0.25, -0.2) is 4.39 Å². The Labute approximate surface area is 118 Å². The van der Waals surface area contributed by atoms with E-state index in [1.54, 1.807) is 12.1 Å². The summed E-state index contributed by atoms with van der Waals surface area (Å²) in [5, 5.41) is 0. The lowest BCUT2D eigenvalue weighted by Crippen LogP contribution is -2.10. The third-order valence-corrected chi connectivity index (χ3v) is 2.31. The molecular formula is C15H18ClFO2. The van der Waals surface area contributed by atoms with Gasteiger partial charge in [-0.2, -0.15) is 0 Å². The van der Waals surface area contributed by atoms with Gasteiger partial charge in [0.1, 0.15) is 18.2 Å². The standard InChI is InChI=1S/C15H18ClFO2/c1-12(2)11-18-8-9-19-14-6-5-13(4-3-7-16)15(17)10-14/h5-6,10,12H,7-9,11H2,1-2H3. The molecule has 0 unspecified atom stereocenters. The first kappa shape index (κ1) is 15.8. The summed E-state index contributed by atoms with van der Waals surface area (Å²) in [6.45, 7) is 5.75. The summed E-state index contributed by atoms with van der Waals surface area (Å²) in [5.41, 5.74) is 0.323. The van der Waals surface area contributed by atoms with Crippen molar-refractivity contribution in [2.24, 2.45) is 5.92 Å². The molecule has 0 aromatic heterocycles. The van der Waals surface area contributed by atoms with Gasteiger partial charge in [0.15, 0.2) is 0 Å². The van der Waals surface area contributed by atoms with E-state index in [0.717, 1.165) is 0 Å². The van der Waals surface area contributed by atoms with Gasteiger partial charge in [-0.15, -0.1) is 11.6 Å². The van der Waals surface area contributed by atoms with E-state index < -0.39 is 5.82 Å². The van der Waals surface area contributed by atoms with Gasteiger partial charge in [0.25, 0.3) is 0 Å². The second-order valence-corrected chi connectivity index (χ2v) is 4.66. The lowest BCUT2D eigenvalue weighted by molar-refractivity contribution is 0.0818. The van der Waals surface area contributed by atoms with E-state index in [-0.39, 0.29) is 5.88 Å². The van der Waals surface area contributed by atoms with Gasteiger partial charge >= 0.3 is 0 Å². The summed E-state index contributed by atoms with van der Waals surface area (Å²) in [4.78, 5) is 0. The third kappa shape index (κ3) is 6.47. The van der Waals surface area contributed by atoms with Crippen molar-refractivity contribution < 1.29 is 13.9 Å². The summed E-state index contributed by atoms with van der Waals surface area (Å²) in [6.07, 6.45) is 0. The molecule has 0 fully saturated rings. The highest BCUT2D eigenvalue weighted by Gasteiger charge is 2.02. The number of hydrogen-bond donors (Lipinski definition) is 0. The van der Waals surface area contributed by atoms with Gasteiger partial charge in [-0.3, -0.25) is 0 Å². The molecule has 0 radical (unpaired) electrons. The van der Waals surface area contributed by atoms with E-state index in [4.69, 9.17) is 21.1 Å². The number of ether oxygens (including phenoxy) is 2. The molecule has 2 nitrogen and oxygen atoms in total. The molecule has 1 rings (SSSR count). The zero-order chi connectivity index (χ0) is 14.1. The monoisotopic (exact) mass is 284 g/mol. The van der Waals surface area contributed by atoms with Gasteiger partial charge in [-0.05, 0) is 18.1 Å². The van der Waals surface area contributed by atoms with Crippen molar-refractivity contribution in [3.05, 3.63) is 29.6 Å². The predicted octanol–water partition coefficient (Wildman–Crippen LogP) is 3.47. The van der Waals surface area contributed by atoms with Gasteiger partial charge < -0.3 is 9.47 Å². The lowest BCUT2D eigenvalue weighted by atomic mass is 10.2. The van der Waals surface area contributed by atoms with E-state index >= 15 is 0 Å². The minimum absolute atomic E-state index is 0.185. The van der Waals surface area contributed by atoms with Crippen LogP contribution in [0.4, 0.5) is 4.39 Å². The van der Waals surface area contributed by atoms with E-state index in [0.29, 0.717) is 37.1 Å². The molecule has 0 bridgehead atoms. The summed E-state index contributed by atoms with van der Waals surface area (Å²) in [5.74, 6) is 6.00. The van der Waals surface area contributed by atoms with Crippen molar-refractivity contribution in [2.45, 2.75) is 13.8 Å². The second kappa shape index (κ2) is 8.79. The smallest absolute Gasteiger partial charge is 0.142 e. The van der Waals surface area contributed by atoms with Crippen LogP contribution in [0.5, 0.6) is 5.75 Å². The average Bonchev–Trinajstić information content (AvgIpc) is 2.37. The van der Waals surface area contributed by atoms with Crippen LogP contribution < -0.4 is 4.74 Å². The topological polar surface area (TPSA) is 18.5 Å². The fourth-order valence-electron chi connectivity index (χ4n) is 1.35. The van der Waals surface area contributed by atoms with Crippen LogP contribution in [0.3, 0.4) is 0 Å². The van der Waals surface area contributed by atoms with Crippen LogP contribution in [-0.4, -0.2) is 25.7 Å². The summed E-state index contributed by atoms with van der Waals surface area (Å²) < 4.78 is 24.4. The van der Waals surface area contributed by atoms with Crippen LogP contribution in [0.2, 0.25) is 0 Å². The molecule has 0 heterocycles. The molecule has 0 amide bonds. The molecule has 0 spiro atoms. The first-order valence-electron chi connectivity index (χ1n) is 6.18. The van der Waals surface area contributed by atoms with Crippen LogP contribution in [0.25, 0.3) is 0 Å². The Kier molecular flexibility index (Phi) is 7.32. The largest absolute Gasteiger partial charge is 0.491 e. The van der Waals surface area contributed by atoms with Crippen molar-refractivity contribution in [2.75, 3.05) is 25.7 Å². The molecule has 0 aliphatic rings. The molecule has 0 atom stereocenters. The normalized spacial score (nSPS) is 10.2. The Bertz CT molecular complexity index is 449. The number of benzene rings is 1. The first-order chi connectivity index (χ1) is 9.13. The highest BCUT2D eigenvalue weighted by atomic mass is 35.5. The Morgan fingerprint density at radius 1 is 1.32 bits per heavy atom. The lowest BCUT2D eigenvalue weighted by Gasteiger charge is -2.09. The Morgan fingerprint density at radius 3 is 2.74 bits per heavy atom. The minimum Gasteiger partial charge on any atom is -0.491 e. The van der Waals surface area contributed by atoms with E-state index in [9.17, 15) is 4.39 Å². The maximum atomic E-state index is 13.6. The molecule has 1 aromatic carbocycles. The summed E-state index contributed by atoms with van der Waals surface area (Å²) in [6, 6.07) is 4.59. The molecule has 0 saturated carbocycles.